The lowest BCUT2D eigenvalue weighted by Crippen LogP contribution is -2.27. The van der Waals surface area contributed by atoms with Crippen LogP contribution in [0.1, 0.15) is 51.1 Å². The van der Waals surface area contributed by atoms with Gasteiger partial charge in [0.15, 0.2) is 0 Å². The van der Waals surface area contributed by atoms with Gasteiger partial charge in [-0.15, -0.1) is 0 Å². The van der Waals surface area contributed by atoms with Crippen LogP contribution in [0.15, 0.2) is 24.3 Å². The largest absolute Gasteiger partial charge is 0.310 e. The average molecular weight is 235 g/mol. The Morgan fingerprint density at radius 2 is 2.06 bits per heavy atom. The maximum Gasteiger partial charge on any atom is 0.127 e. The van der Waals surface area contributed by atoms with E-state index in [1.807, 2.05) is 19.1 Å². The fourth-order valence-electron chi connectivity index (χ4n) is 2.53. The van der Waals surface area contributed by atoms with Crippen molar-refractivity contribution in [1.82, 2.24) is 5.32 Å². The summed E-state index contributed by atoms with van der Waals surface area (Å²) in [7, 11) is 0. The van der Waals surface area contributed by atoms with Crippen LogP contribution in [-0.4, -0.2) is 6.54 Å². The van der Waals surface area contributed by atoms with Crippen molar-refractivity contribution >= 4 is 0 Å². The van der Waals surface area contributed by atoms with E-state index in [1.165, 1.54) is 31.7 Å². The molecule has 1 aromatic rings. The molecule has 2 heteroatoms. The molecule has 0 saturated heterocycles. The number of hydrogen-bond donors (Lipinski definition) is 1. The van der Waals surface area contributed by atoms with Crippen LogP contribution in [0.4, 0.5) is 4.39 Å². The molecule has 0 spiro atoms. The first-order chi connectivity index (χ1) is 8.17. The molecule has 0 aliphatic heterocycles. The highest BCUT2D eigenvalue weighted by atomic mass is 19.1. The van der Waals surface area contributed by atoms with Gasteiger partial charge in [0.05, 0.1) is 0 Å². The topological polar surface area (TPSA) is 12.0 Å². The smallest absolute Gasteiger partial charge is 0.127 e. The van der Waals surface area contributed by atoms with Crippen molar-refractivity contribution in [2.45, 2.75) is 45.6 Å². The highest BCUT2D eigenvalue weighted by Crippen LogP contribution is 2.49. The number of rotatable bonds is 6. The minimum atomic E-state index is -0.104. The maximum atomic E-state index is 13.6. The van der Waals surface area contributed by atoms with E-state index < -0.39 is 0 Å². The highest BCUT2D eigenvalue weighted by Gasteiger charge is 2.41. The van der Waals surface area contributed by atoms with Crippen LogP contribution in [0.5, 0.6) is 0 Å². The summed E-state index contributed by atoms with van der Waals surface area (Å²) in [5.41, 5.74) is 1.30. The van der Waals surface area contributed by atoms with Gasteiger partial charge >= 0.3 is 0 Å². The number of benzene rings is 1. The normalized spacial score (nSPS) is 19.0. The van der Waals surface area contributed by atoms with Gasteiger partial charge in [-0.2, -0.15) is 0 Å². The zero-order valence-corrected chi connectivity index (χ0v) is 10.8. The van der Waals surface area contributed by atoms with Crippen molar-refractivity contribution in [3.05, 3.63) is 35.6 Å². The zero-order chi connectivity index (χ0) is 12.3. The van der Waals surface area contributed by atoms with Crippen molar-refractivity contribution in [2.75, 3.05) is 6.54 Å². The zero-order valence-electron chi connectivity index (χ0n) is 10.8. The summed E-state index contributed by atoms with van der Waals surface area (Å²) in [6.07, 6.45) is 5.20. The Labute approximate surface area is 103 Å². The Hall–Kier alpha value is -0.890. The summed E-state index contributed by atoms with van der Waals surface area (Å²) >= 11 is 0. The van der Waals surface area contributed by atoms with Gasteiger partial charge in [0, 0.05) is 18.2 Å². The van der Waals surface area contributed by atoms with E-state index >= 15 is 0 Å². The van der Waals surface area contributed by atoms with Crippen LogP contribution in [0.3, 0.4) is 0 Å². The molecule has 0 heterocycles. The molecule has 1 nitrogen and oxygen atoms in total. The molecule has 0 bridgehead atoms. The predicted octanol–water partition coefficient (Wildman–Crippen LogP) is 4.06. The van der Waals surface area contributed by atoms with Crippen LogP contribution < -0.4 is 5.32 Å². The second kappa shape index (κ2) is 5.18. The molecule has 0 amide bonds. The van der Waals surface area contributed by atoms with Gasteiger partial charge in [0.1, 0.15) is 5.82 Å². The molecular weight excluding hydrogens is 213 g/mol. The maximum absolute atomic E-state index is 13.6. The SMILES string of the molecule is CCCC1(CNC(C)c2ccccc2F)CC1. The summed E-state index contributed by atoms with van der Waals surface area (Å²) in [5, 5.41) is 3.49. The summed E-state index contributed by atoms with van der Waals surface area (Å²) in [4.78, 5) is 0. The molecule has 17 heavy (non-hydrogen) atoms. The molecule has 1 fully saturated rings. The van der Waals surface area contributed by atoms with Crippen molar-refractivity contribution in [3.63, 3.8) is 0 Å². The summed E-state index contributed by atoms with van der Waals surface area (Å²) < 4.78 is 13.6. The molecule has 1 N–H and O–H groups in total. The molecular formula is C15H22FN. The molecule has 2 rings (SSSR count). The van der Waals surface area contributed by atoms with Crippen molar-refractivity contribution in [1.29, 1.82) is 0 Å². The first-order valence-corrected chi connectivity index (χ1v) is 6.65. The highest BCUT2D eigenvalue weighted by molar-refractivity contribution is 5.20. The number of nitrogens with one attached hydrogen (secondary N) is 1. The summed E-state index contributed by atoms with van der Waals surface area (Å²) in [6, 6.07) is 7.14. The van der Waals surface area contributed by atoms with Crippen LogP contribution in [0, 0.1) is 11.2 Å². The van der Waals surface area contributed by atoms with Gasteiger partial charge in [0.25, 0.3) is 0 Å². The van der Waals surface area contributed by atoms with Gasteiger partial charge in [0.2, 0.25) is 0 Å². The first kappa shape index (κ1) is 12.6. The van der Waals surface area contributed by atoms with Crippen molar-refractivity contribution in [2.24, 2.45) is 5.41 Å². The van der Waals surface area contributed by atoms with Crippen LogP contribution in [-0.2, 0) is 0 Å². The summed E-state index contributed by atoms with van der Waals surface area (Å²) in [5.74, 6) is -0.104. The Bertz CT molecular complexity index is 371. The van der Waals surface area contributed by atoms with Crippen molar-refractivity contribution < 1.29 is 4.39 Å². The molecule has 0 aromatic heterocycles. The fourth-order valence-corrected chi connectivity index (χ4v) is 2.53. The monoisotopic (exact) mass is 235 g/mol. The third kappa shape index (κ3) is 3.06. The molecule has 1 atom stereocenters. The van der Waals surface area contributed by atoms with E-state index in [-0.39, 0.29) is 11.9 Å². The van der Waals surface area contributed by atoms with E-state index in [0.29, 0.717) is 5.41 Å². The fraction of sp³-hybridized carbons (Fsp3) is 0.600. The third-order valence-corrected chi connectivity index (χ3v) is 3.89. The van der Waals surface area contributed by atoms with Crippen LogP contribution >= 0.6 is 0 Å². The Kier molecular flexibility index (Phi) is 3.82. The van der Waals surface area contributed by atoms with E-state index in [4.69, 9.17) is 0 Å². The van der Waals surface area contributed by atoms with Gasteiger partial charge in [-0.1, -0.05) is 31.5 Å². The third-order valence-electron chi connectivity index (χ3n) is 3.89. The Balaban J connectivity index is 1.90. The standard InChI is InChI=1S/C15H22FN/c1-3-8-15(9-10-15)11-17-12(2)13-6-4-5-7-14(13)16/h4-7,12,17H,3,8-11H2,1-2H3. The van der Waals surface area contributed by atoms with Gasteiger partial charge in [-0.25, -0.2) is 4.39 Å². The molecule has 0 radical (unpaired) electrons. The van der Waals surface area contributed by atoms with E-state index in [9.17, 15) is 4.39 Å². The van der Waals surface area contributed by atoms with E-state index in [0.717, 1.165) is 12.1 Å². The van der Waals surface area contributed by atoms with Gasteiger partial charge < -0.3 is 5.32 Å². The van der Waals surface area contributed by atoms with Crippen LogP contribution in [0.2, 0.25) is 0 Å². The number of halogens is 1. The van der Waals surface area contributed by atoms with Gasteiger partial charge in [-0.3, -0.25) is 0 Å². The average Bonchev–Trinajstić information content (AvgIpc) is 3.08. The Morgan fingerprint density at radius 3 is 2.65 bits per heavy atom. The van der Waals surface area contributed by atoms with Crippen LogP contribution in [0.25, 0.3) is 0 Å². The van der Waals surface area contributed by atoms with Crippen molar-refractivity contribution in [3.8, 4) is 0 Å². The minimum Gasteiger partial charge on any atom is -0.310 e. The Morgan fingerprint density at radius 1 is 1.35 bits per heavy atom. The molecule has 1 aliphatic carbocycles. The quantitative estimate of drug-likeness (QED) is 0.784. The minimum absolute atomic E-state index is 0.102. The number of hydrogen-bond acceptors (Lipinski definition) is 1. The van der Waals surface area contributed by atoms with E-state index in [1.54, 1.807) is 6.07 Å². The molecule has 1 aromatic carbocycles. The molecule has 94 valence electrons. The lowest BCUT2D eigenvalue weighted by Gasteiger charge is -2.20. The lowest BCUT2D eigenvalue weighted by molar-refractivity contribution is 0.393. The second-order valence-electron chi connectivity index (χ2n) is 5.37. The molecule has 1 aliphatic rings. The van der Waals surface area contributed by atoms with Gasteiger partial charge in [-0.05, 0) is 37.7 Å². The van der Waals surface area contributed by atoms with E-state index in [2.05, 4.69) is 12.2 Å². The lowest BCUT2D eigenvalue weighted by atomic mass is 9.99. The predicted molar refractivity (Wildman–Crippen MR) is 69.4 cm³/mol. The molecule has 1 saturated carbocycles. The first-order valence-electron chi connectivity index (χ1n) is 6.65. The molecule has 1 unspecified atom stereocenters. The summed E-state index contributed by atoms with van der Waals surface area (Å²) in [6.45, 7) is 5.30. The second-order valence-corrected chi connectivity index (χ2v) is 5.37.